The molecule has 0 radical (unpaired) electrons. The van der Waals surface area contributed by atoms with Crippen LogP contribution in [0.3, 0.4) is 0 Å². The van der Waals surface area contributed by atoms with Crippen LogP contribution in [0.4, 0.5) is 0 Å². The van der Waals surface area contributed by atoms with Crippen molar-refractivity contribution in [1.82, 2.24) is 15.0 Å². The molecule has 0 spiro atoms. The lowest BCUT2D eigenvalue weighted by Gasteiger charge is -2.43. The Morgan fingerprint density at radius 1 is 0.821 bits per heavy atom. The quantitative estimate of drug-likeness (QED) is 0.108. The van der Waals surface area contributed by atoms with Gasteiger partial charge in [0, 0.05) is 37.3 Å². The van der Waals surface area contributed by atoms with Gasteiger partial charge in [0.25, 0.3) is 0 Å². The first-order chi connectivity index (χ1) is 27.0. The van der Waals surface area contributed by atoms with Gasteiger partial charge in [-0.25, -0.2) is 9.48 Å². The number of fused-ring (bicyclic) bond motifs is 3. The number of aromatic nitrogens is 3. The molecular formula is C38H39N3O15. The molecule has 18 heteroatoms. The predicted octanol–water partition coefficient (Wildman–Crippen LogP) is 3.82. The standard InChI is InChI=1S/C38H39N3O15/c1-18-33(54-19(2)42)35(55-20(3)43)36(56-21(4)44)37(53-18)41-14-23(39-40-41)15-48-9-10-49-34-25-13-29(47-6)28(46-5)12-24(25)31(32-26(34)16-50-38(32)45)22-7-8-27-30(11-22)52-17-51-27/h7-8,11-14,18,33,35-37H,9-10,15-17H2,1-6H3/t18-,33-,35+,36+,37-/m0/s1. The molecule has 0 N–H and O–H groups in total. The van der Waals surface area contributed by atoms with Crippen LogP contribution in [0, 0.1) is 0 Å². The zero-order valence-corrected chi connectivity index (χ0v) is 31.4. The van der Waals surface area contributed by atoms with Crippen molar-refractivity contribution < 1.29 is 71.3 Å². The molecule has 0 bridgehead atoms. The number of esters is 4. The number of cyclic esters (lactones) is 1. The Balaban J connectivity index is 1.10. The number of hydrogen-bond donors (Lipinski definition) is 0. The molecule has 56 heavy (non-hydrogen) atoms. The van der Waals surface area contributed by atoms with E-state index in [1.54, 1.807) is 25.1 Å². The van der Waals surface area contributed by atoms with Crippen LogP contribution in [0.15, 0.2) is 36.5 Å². The van der Waals surface area contributed by atoms with Gasteiger partial charge in [0.05, 0.1) is 45.3 Å². The highest BCUT2D eigenvalue weighted by atomic mass is 16.7. The summed E-state index contributed by atoms with van der Waals surface area (Å²) in [4.78, 5) is 49.3. The highest BCUT2D eigenvalue weighted by molar-refractivity contribution is 6.14. The van der Waals surface area contributed by atoms with E-state index in [0.717, 1.165) is 0 Å². The summed E-state index contributed by atoms with van der Waals surface area (Å²) in [5.41, 5.74) is 2.65. The topological polar surface area (TPSA) is 201 Å². The third kappa shape index (κ3) is 7.44. The number of rotatable bonds is 13. The summed E-state index contributed by atoms with van der Waals surface area (Å²) in [6.45, 7) is 5.46. The summed E-state index contributed by atoms with van der Waals surface area (Å²) < 4.78 is 64.0. The molecule has 0 amide bonds. The minimum absolute atomic E-state index is 0.00182. The van der Waals surface area contributed by atoms with Crippen LogP contribution in [0.5, 0.6) is 28.7 Å². The number of carbonyl (C=O) groups excluding carboxylic acids is 4. The van der Waals surface area contributed by atoms with E-state index in [1.165, 1.54) is 45.9 Å². The maximum absolute atomic E-state index is 13.3. The minimum Gasteiger partial charge on any atom is -0.493 e. The van der Waals surface area contributed by atoms with Crippen molar-refractivity contribution in [2.45, 2.75) is 71.6 Å². The monoisotopic (exact) mass is 777 g/mol. The lowest BCUT2D eigenvalue weighted by molar-refractivity contribution is -0.261. The molecule has 0 aliphatic carbocycles. The summed E-state index contributed by atoms with van der Waals surface area (Å²) >= 11 is 0. The third-order valence-electron chi connectivity index (χ3n) is 9.27. The van der Waals surface area contributed by atoms with E-state index in [2.05, 4.69) is 10.3 Å². The smallest absolute Gasteiger partial charge is 0.339 e. The summed E-state index contributed by atoms with van der Waals surface area (Å²) in [7, 11) is 3.06. The van der Waals surface area contributed by atoms with Gasteiger partial charge in [-0.05, 0) is 42.1 Å². The molecule has 1 saturated heterocycles. The Labute approximate surface area is 319 Å². The minimum atomic E-state index is -1.23. The average Bonchev–Trinajstić information content (AvgIpc) is 3.93. The first kappa shape index (κ1) is 38.1. The molecule has 3 aromatic carbocycles. The maximum atomic E-state index is 13.3. The highest BCUT2D eigenvalue weighted by Crippen LogP contribution is 2.49. The van der Waals surface area contributed by atoms with Crippen LogP contribution in [-0.2, 0) is 56.0 Å². The number of benzene rings is 3. The molecule has 7 rings (SSSR count). The Morgan fingerprint density at radius 3 is 2.21 bits per heavy atom. The lowest BCUT2D eigenvalue weighted by atomic mass is 9.89. The van der Waals surface area contributed by atoms with Crippen LogP contribution in [0.2, 0.25) is 0 Å². The molecule has 4 heterocycles. The van der Waals surface area contributed by atoms with E-state index in [9.17, 15) is 19.2 Å². The van der Waals surface area contributed by atoms with Crippen molar-refractivity contribution in [2.75, 3.05) is 34.2 Å². The molecule has 1 fully saturated rings. The van der Waals surface area contributed by atoms with Gasteiger partial charge in [-0.2, -0.15) is 0 Å². The first-order valence-electron chi connectivity index (χ1n) is 17.6. The molecule has 296 valence electrons. The predicted molar refractivity (Wildman–Crippen MR) is 189 cm³/mol. The van der Waals surface area contributed by atoms with Gasteiger partial charge < -0.3 is 52.1 Å². The zero-order chi connectivity index (χ0) is 39.7. The first-order valence-corrected chi connectivity index (χ1v) is 17.6. The maximum Gasteiger partial charge on any atom is 0.339 e. The van der Waals surface area contributed by atoms with Crippen LogP contribution < -0.4 is 23.7 Å². The van der Waals surface area contributed by atoms with Gasteiger partial charge >= 0.3 is 23.9 Å². The van der Waals surface area contributed by atoms with Crippen molar-refractivity contribution in [2.24, 2.45) is 0 Å². The number of methoxy groups -OCH3 is 2. The van der Waals surface area contributed by atoms with Gasteiger partial charge in [-0.1, -0.05) is 11.3 Å². The van der Waals surface area contributed by atoms with E-state index >= 15 is 0 Å². The number of nitrogens with zero attached hydrogens (tertiary/aromatic N) is 3. The van der Waals surface area contributed by atoms with E-state index in [0.29, 0.717) is 67.5 Å². The molecule has 4 aromatic rings. The Bertz CT molecular complexity index is 2190. The average molecular weight is 778 g/mol. The molecule has 3 aliphatic rings. The summed E-state index contributed by atoms with van der Waals surface area (Å²) in [6.07, 6.45) is -3.83. The molecule has 0 unspecified atom stereocenters. The Hall–Kier alpha value is -6.14. The molecule has 0 saturated carbocycles. The summed E-state index contributed by atoms with van der Waals surface area (Å²) in [6, 6.07) is 9.05. The van der Waals surface area contributed by atoms with Crippen molar-refractivity contribution in [1.29, 1.82) is 0 Å². The van der Waals surface area contributed by atoms with E-state index in [1.807, 2.05) is 12.1 Å². The van der Waals surface area contributed by atoms with Crippen LogP contribution >= 0.6 is 0 Å². The van der Waals surface area contributed by atoms with Gasteiger partial charge in [-0.15, -0.1) is 5.10 Å². The molecule has 3 aliphatic heterocycles. The molecule has 5 atom stereocenters. The number of ether oxygens (including phenoxy) is 11. The Morgan fingerprint density at radius 2 is 1.50 bits per heavy atom. The van der Waals surface area contributed by atoms with Gasteiger partial charge in [0.2, 0.25) is 6.79 Å². The van der Waals surface area contributed by atoms with Crippen molar-refractivity contribution in [3.05, 3.63) is 53.3 Å². The SMILES string of the molecule is COc1cc2c(OCCOCc3cn([C@H]4O[C@@H](C)[C@H](OC(C)=O)[C@@H](OC(C)=O)[C@H]4OC(C)=O)nn3)c3c(c(-c4ccc5c(c4)OCO5)c2cc1OC)C(=O)OC3. The van der Waals surface area contributed by atoms with Crippen molar-refractivity contribution in [3.8, 4) is 39.9 Å². The number of hydrogen-bond acceptors (Lipinski definition) is 17. The van der Waals surface area contributed by atoms with Crippen LogP contribution in [-0.4, -0.2) is 97.5 Å². The lowest BCUT2D eigenvalue weighted by Crippen LogP contribution is -2.58. The van der Waals surface area contributed by atoms with E-state index < -0.39 is 54.5 Å². The molecule has 18 nitrogen and oxygen atoms in total. The highest BCUT2D eigenvalue weighted by Gasteiger charge is 2.51. The van der Waals surface area contributed by atoms with Crippen molar-refractivity contribution in [3.63, 3.8) is 0 Å². The summed E-state index contributed by atoms with van der Waals surface area (Å²) in [5.74, 6) is -0.00369. The van der Waals surface area contributed by atoms with Crippen LogP contribution in [0.25, 0.3) is 21.9 Å². The summed E-state index contributed by atoms with van der Waals surface area (Å²) in [5, 5.41) is 9.63. The normalized spacial score (nSPS) is 20.9. The third-order valence-corrected chi connectivity index (χ3v) is 9.27. The number of carbonyl (C=O) groups is 4. The van der Waals surface area contributed by atoms with E-state index in [4.69, 9.17) is 52.1 Å². The second-order valence-corrected chi connectivity index (χ2v) is 13.0. The fourth-order valence-electron chi connectivity index (χ4n) is 7.01. The van der Waals surface area contributed by atoms with Gasteiger partial charge in [0.15, 0.2) is 47.5 Å². The van der Waals surface area contributed by atoms with Gasteiger partial charge in [-0.3, -0.25) is 14.4 Å². The van der Waals surface area contributed by atoms with Crippen molar-refractivity contribution >= 4 is 34.6 Å². The Kier molecular flexibility index (Phi) is 10.8. The molecular weight excluding hydrogens is 738 g/mol. The van der Waals surface area contributed by atoms with Crippen LogP contribution in [0.1, 0.15) is 55.5 Å². The fraction of sp³-hybridized carbons (Fsp3) is 0.421. The second kappa shape index (κ2) is 15.9. The fourth-order valence-corrected chi connectivity index (χ4v) is 7.01. The second-order valence-electron chi connectivity index (χ2n) is 13.0. The van der Waals surface area contributed by atoms with E-state index in [-0.39, 0.29) is 33.2 Å². The zero-order valence-electron chi connectivity index (χ0n) is 31.4. The molecule has 1 aromatic heterocycles. The van der Waals surface area contributed by atoms with Gasteiger partial charge in [0.1, 0.15) is 24.7 Å². The largest absolute Gasteiger partial charge is 0.493 e.